The highest BCUT2D eigenvalue weighted by atomic mass is 32.1. The summed E-state index contributed by atoms with van der Waals surface area (Å²) in [7, 11) is 0. The predicted octanol–water partition coefficient (Wildman–Crippen LogP) is 3.97. The molecule has 1 heterocycles. The van der Waals surface area contributed by atoms with E-state index in [-0.39, 0.29) is 5.91 Å². The molecule has 0 spiro atoms. The van der Waals surface area contributed by atoms with E-state index >= 15 is 0 Å². The number of amides is 1. The summed E-state index contributed by atoms with van der Waals surface area (Å²) in [6.45, 7) is 12.1. The fraction of sp³-hybridized carbons (Fsp3) is 0.474. The van der Waals surface area contributed by atoms with Crippen molar-refractivity contribution in [3.63, 3.8) is 0 Å². The van der Waals surface area contributed by atoms with Crippen LogP contribution in [0.2, 0.25) is 0 Å². The van der Waals surface area contributed by atoms with Crippen molar-refractivity contribution in [2.24, 2.45) is 0 Å². The minimum absolute atomic E-state index is 0.0281. The number of benzene rings is 1. The van der Waals surface area contributed by atoms with Crippen LogP contribution in [0, 0.1) is 6.92 Å². The molecule has 2 aromatic rings. The average Bonchev–Trinajstić information content (AvgIpc) is 2.93. The van der Waals surface area contributed by atoms with E-state index in [0.717, 1.165) is 22.8 Å². The lowest BCUT2D eigenvalue weighted by molar-refractivity contribution is 0.0942. The second-order valence-corrected chi connectivity index (χ2v) is 7.48. The van der Waals surface area contributed by atoms with Crippen LogP contribution in [0.4, 0.5) is 0 Å². The monoisotopic (exact) mass is 345 g/mol. The third-order valence-electron chi connectivity index (χ3n) is 4.01. The molecule has 5 heteroatoms. The zero-order chi connectivity index (χ0) is 17.7. The van der Waals surface area contributed by atoms with Crippen LogP contribution in [0.5, 0.6) is 0 Å². The summed E-state index contributed by atoms with van der Waals surface area (Å²) in [5, 5.41) is 3.93. The van der Waals surface area contributed by atoms with Crippen LogP contribution in [-0.4, -0.2) is 41.0 Å². The largest absolute Gasteiger partial charge is 0.350 e. The van der Waals surface area contributed by atoms with Crippen molar-refractivity contribution in [3.05, 3.63) is 40.9 Å². The number of rotatable bonds is 7. The van der Waals surface area contributed by atoms with Gasteiger partial charge < -0.3 is 5.32 Å². The molecule has 24 heavy (non-hydrogen) atoms. The van der Waals surface area contributed by atoms with Crippen molar-refractivity contribution >= 4 is 17.2 Å². The zero-order valence-corrected chi connectivity index (χ0v) is 16.0. The second-order valence-electron chi connectivity index (χ2n) is 6.48. The molecule has 0 aliphatic heterocycles. The fourth-order valence-electron chi connectivity index (χ4n) is 2.80. The number of aryl methyl sites for hydroxylation is 1. The Hall–Kier alpha value is -1.72. The molecule has 0 aliphatic carbocycles. The van der Waals surface area contributed by atoms with E-state index in [1.54, 1.807) is 0 Å². The Labute approximate surface area is 148 Å². The van der Waals surface area contributed by atoms with Crippen LogP contribution in [-0.2, 0) is 0 Å². The number of thiazole rings is 1. The highest BCUT2D eigenvalue weighted by Crippen LogP contribution is 2.27. The molecule has 1 aromatic heterocycles. The number of nitrogens with one attached hydrogen (secondary N) is 1. The third-order valence-corrected chi connectivity index (χ3v) is 5.21. The van der Waals surface area contributed by atoms with Gasteiger partial charge in [0.05, 0.1) is 5.69 Å². The van der Waals surface area contributed by atoms with Crippen molar-refractivity contribution in [1.82, 2.24) is 15.2 Å². The molecule has 4 nitrogen and oxygen atoms in total. The maximum atomic E-state index is 12.5. The van der Waals surface area contributed by atoms with E-state index in [1.165, 1.54) is 11.3 Å². The van der Waals surface area contributed by atoms with Crippen molar-refractivity contribution in [1.29, 1.82) is 0 Å². The van der Waals surface area contributed by atoms with Crippen molar-refractivity contribution in [2.45, 2.75) is 46.7 Å². The molecule has 0 unspecified atom stereocenters. The summed E-state index contributed by atoms with van der Waals surface area (Å²) in [5.74, 6) is -0.0281. The summed E-state index contributed by atoms with van der Waals surface area (Å²) in [6, 6.07) is 10.9. The first-order valence-electron chi connectivity index (χ1n) is 8.47. The lowest BCUT2D eigenvalue weighted by Crippen LogP contribution is -2.42. The maximum Gasteiger partial charge on any atom is 0.263 e. The highest BCUT2D eigenvalue weighted by molar-refractivity contribution is 7.17. The van der Waals surface area contributed by atoms with Crippen LogP contribution in [0.25, 0.3) is 10.6 Å². The van der Waals surface area contributed by atoms with Gasteiger partial charge in [-0.05, 0) is 34.6 Å². The van der Waals surface area contributed by atoms with Gasteiger partial charge in [0, 0.05) is 30.7 Å². The van der Waals surface area contributed by atoms with Gasteiger partial charge in [-0.25, -0.2) is 4.98 Å². The molecule has 130 valence electrons. The Morgan fingerprint density at radius 3 is 2.38 bits per heavy atom. The molecule has 1 N–H and O–H groups in total. The Bertz CT molecular complexity index is 657. The highest BCUT2D eigenvalue weighted by Gasteiger charge is 2.17. The predicted molar refractivity (Wildman–Crippen MR) is 102 cm³/mol. The number of nitrogens with zero attached hydrogens (tertiary/aromatic N) is 2. The van der Waals surface area contributed by atoms with Crippen LogP contribution in [0.3, 0.4) is 0 Å². The van der Waals surface area contributed by atoms with Crippen molar-refractivity contribution in [2.75, 3.05) is 13.1 Å². The SMILES string of the molecule is Cc1nc(-c2ccccc2)sc1C(=O)NCCN(C(C)C)C(C)C. The van der Waals surface area contributed by atoms with Gasteiger partial charge in [0.15, 0.2) is 0 Å². The van der Waals surface area contributed by atoms with Gasteiger partial charge >= 0.3 is 0 Å². The maximum absolute atomic E-state index is 12.5. The zero-order valence-electron chi connectivity index (χ0n) is 15.2. The first kappa shape index (κ1) is 18.6. The number of hydrogen-bond donors (Lipinski definition) is 1. The third kappa shape index (κ3) is 4.65. The molecule has 0 atom stereocenters. The Kier molecular flexibility index (Phi) is 6.52. The summed E-state index contributed by atoms with van der Waals surface area (Å²) in [4.78, 5) is 20.1. The van der Waals surface area contributed by atoms with Crippen molar-refractivity contribution < 1.29 is 4.79 Å². The van der Waals surface area contributed by atoms with Gasteiger partial charge in [0.2, 0.25) is 0 Å². The molecule has 0 aliphatic rings. The first-order chi connectivity index (χ1) is 11.4. The molecule has 0 fully saturated rings. The number of aromatic nitrogens is 1. The van der Waals surface area contributed by atoms with Gasteiger partial charge in [0.25, 0.3) is 5.91 Å². The Morgan fingerprint density at radius 2 is 1.79 bits per heavy atom. The number of hydrogen-bond acceptors (Lipinski definition) is 4. The van der Waals surface area contributed by atoms with Gasteiger partial charge in [0.1, 0.15) is 9.88 Å². The average molecular weight is 346 g/mol. The van der Waals surface area contributed by atoms with Crippen molar-refractivity contribution in [3.8, 4) is 10.6 Å². The molecule has 0 saturated carbocycles. The van der Waals surface area contributed by atoms with Gasteiger partial charge in [-0.2, -0.15) is 0 Å². The quantitative estimate of drug-likeness (QED) is 0.826. The van der Waals surface area contributed by atoms with Gasteiger partial charge in [-0.3, -0.25) is 9.69 Å². The normalized spacial score (nSPS) is 11.5. The molecule has 1 amide bonds. The molecule has 0 saturated heterocycles. The Morgan fingerprint density at radius 1 is 1.17 bits per heavy atom. The lowest BCUT2D eigenvalue weighted by atomic mass is 10.2. The van der Waals surface area contributed by atoms with Crippen LogP contribution in [0.1, 0.15) is 43.1 Å². The summed E-state index contributed by atoms with van der Waals surface area (Å²) in [6.07, 6.45) is 0. The topological polar surface area (TPSA) is 45.2 Å². The summed E-state index contributed by atoms with van der Waals surface area (Å²) in [5.41, 5.74) is 1.84. The first-order valence-corrected chi connectivity index (χ1v) is 9.28. The Balaban J connectivity index is 1.99. The van der Waals surface area contributed by atoms with E-state index in [4.69, 9.17) is 0 Å². The van der Waals surface area contributed by atoms with Gasteiger partial charge in [-0.15, -0.1) is 11.3 Å². The second kappa shape index (κ2) is 8.40. The van der Waals surface area contributed by atoms with E-state index in [1.807, 2.05) is 37.3 Å². The molecule has 0 radical (unpaired) electrons. The molecule has 1 aromatic carbocycles. The lowest BCUT2D eigenvalue weighted by Gasteiger charge is -2.30. The standard InChI is InChI=1S/C19H27N3OS/c1-13(2)22(14(3)4)12-11-20-18(23)17-15(5)21-19(24-17)16-9-7-6-8-10-16/h6-10,13-14H,11-12H2,1-5H3,(H,20,23). The summed E-state index contributed by atoms with van der Waals surface area (Å²) >= 11 is 1.46. The number of carbonyl (C=O) groups is 1. The van der Waals surface area contributed by atoms with E-state index in [0.29, 0.717) is 23.5 Å². The number of carbonyl (C=O) groups excluding carboxylic acids is 1. The van der Waals surface area contributed by atoms with Crippen LogP contribution >= 0.6 is 11.3 Å². The smallest absolute Gasteiger partial charge is 0.263 e. The molecular weight excluding hydrogens is 318 g/mol. The van der Waals surface area contributed by atoms with Crippen LogP contribution in [0.15, 0.2) is 30.3 Å². The van der Waals surface area contributed by atoms with E-state index < -0.39 is 0 Å². The molecule has 2 rings (SSSR count). The fourth-order valence-corrected chi connectivity index (χ4v) is 3.79. The molecule has 0 bridgehead atoms. The van der Waals surface area contributed by atoms with Crippen LogP contribution < -0.4 is 5.32 Å². The van der Waals surface area contributed by atoms with Gasteiger partial charge in [-0.1, -0.05) is 30.3 Å². The molecular formula is C19H27N3OS. The summed E-state index contributed by atoms with van der Waals surface area (Å²) < 4.78 is 0. The van der Waals surface area contributed by atoms with E-state index in [2.05, 4.69) is 42.9 Å². The minimum atomic E-state index is -0.0281. The minimum Gasteiger partial charge on any atom is -0.350 e. The van der Waals surface area contributed by atoms with E-state index in [9.17, 15) is 4.79 Å².